The van der Waals surface area contributed by atoms with Gasteiger partial charge in [-0.1, -0.05) is 0 Å². The van der Waals surface area contributed by atoms with Crippen molar-refractivity contribution >= 4 is 5.95 Å². The van der Waals surface area contributed by atoms with Gasteiger partial charge in [-0.25, -0.2) is 4.98 Å². The van der Waals surface area contributed by atoms with Gasteiger partial charge in [0.2, 0.25) is 11.8 Å². The smallest absolute Gasteiger partial charge is 0.226 e. The minimum Gasteiger partial charge on any atom is -0.478 e. The Balaban J connectivity index is 2.05. The van der Waals surface area contributed by atoms with Crippen LogP contribution in [0.25, 0.3) is 0 Å². The second-order valence-electron chi connectivity index (χ2n) is 4.07. The highest BCUT2D eigenvalue weighted by Gasteiger charge is 2.36. The molecule has 0 aromatic carbocycles. The Morgan fingerprint density at radius 3 is 2.94 bits per heavy atom. The summed E-state index contributed by atoms with van der Waals surface area (Å²) in [6.07, 6.45) is 4.72. The summed E-state index contributed by atoms with van der Waals surface area (Å²) in [6, 6.07) is 1.72. The molecule has 1 saturated carbocycles. The predicted molar refractivity (Wildman–Crippen MR) is 60.5 cm³/mol. The molecule has 88 valence electrons. The minimum atomic E-state index is -0.217. The van der Waals surface area contributed by atoms with Crippen LogP contribution in [-0.4, -0.2) is 33.8 Å². The number of anilines is 1. The van der Waals surface area contributed by atoms with E-state index in [2.05, 4.69) is 15.3 Å². The second-order valence-corrected chi connectivity index (χ2v) is 4.07. The maximum Gasteiger partial charge on any atom is 0.226 e. The molecule has 1 aliphatic rings. The van der Waals surface area contributed by atoms with Crippen LogP contribution in [0.1, 0.15) is 26.2 Å². The van der Waals surface area contributed by atoms with Crippen LogP contribution >= 0.6 is 0 Å². The first-order valence-electron chi connectivity index (χ1n) is 5.63. The molecule has 16 heavy (non-hydrogen) atoms. The molecule has 0 radical (unpaired) electrons. The molecular weight excluding hydrogens is 206 g/mol. The first kappa shape index (κ1) is 11.1. The van der Waals surface area contributed by atoms with Crippen molar-refractivity contribution in [3.63, 3.8) is 0 Å². The molecule has 1 fully saturated rings. The summed E-state index contributed by atoms with van der Waals surface area (Å²) in [4.78, 5) is 8.34. The Morgan fingerprint density at radius 2 is 2.38 bits per heavy atom. The molecule has 1 aromatic heterocycles. The number of hydrogen-bond acceptors (Lipinski definition) is 5. The van der Waals surface area contributed by atoms with Crippen LogP contribution in [0.15, 0.2) is 12.3 Å². The average molecular weight is 223 g/mol. The second kappa shape index (κ2) is 4.65. The monoisotopic (exact) mass is 223 g/mol. The van der Waals surface area contributed by atoms with E-state index >= 15 is 0 Å². The van der Waals surface area contributed by atoms with Crippen molar-refractivity contribution in [2.45, 2.75) is 31.7 Å². The third-order valence-electron chi connectivity index (χ3n) is 2.91. The molecule has 1 heterocycles. The zero-order chi connectivity index (χ0) is 11.4. The lowest BCUT2D eigenvalue weighted by molar-refractivity contribution is 0.143. The Hall–Kier alpha value is -1.36. The third kappa shape index (κ3) is 2.24. The molecule has 5 heteroatoms. The summed E-state index contributed by atoms with van der Waals surface area (Å²) in [7, 11) is 0. The van der Waals surface area contributed by atoms with Crippen LogP contribution in [0, 0.1) is 0 Å². The van der Waals surface area contributed by atoms with Crippen LogP contribution < -0.4 is 10.1 Å². The summed E-state index contributed by atoms with van der Waals surface area (Å²) in [5.41, 5.74) is -0.217. The van der Waals surface area contributed by atoms with Gasteiger partial charge in [0.25, 0.3) is 0 Å². The van der Waals surface area contributed by atoms with Crippen LogP contribution in [0.2, 0.25) is 0 Å². The predicted octanol–water partition coefficient (Wildman–Crippen LogP) is 1.20. The number of aromatic nitrogens is 2. The summed E-state index contributed by atoms with van der Waals surface area (Å²) < 4.78 is 5.29. The summed E-state index contributed by atoms with van der Waals surface area (Å²) in [5, 5.41) is 12.5. The van der Waals surface area contributed by atoms with Crippen molar-refractivity contribution in [3.05, 3.63) is 12.3 Å². The Kier molecular flexibility index (Phi) is 3.24. The summed E-state index contributed by atoms with van der Waals surface area (Å²) in [5.74, 6) is 1.09. The molecule has 0 aliphatic heterocycles. The number of aliphatic hydroxyl groups is 1. The minimum absolute atomic E-state index is 0.120. The van der Waals surface area contributed by atoms with Gasteiger partial charge in [0.1, 0.15) is 0 Å². The van der Waals surface area contributed by atoms with Gasteiger partial charge in [-0.2, -0.15) is 4.98 Å². The van der Waals surface area contributed by atoms with Crippen molar-refractivity contribution < 1.29 is 9.84 Å². The van der Waals surface area contributed by atoms with Crippen molar-refractivity contribution in [2.24, 2.45) is 0 Å². The van der Waals surface area contributed by atoms with Gasteiger partial charge < -0.3 is 15.2 Å². The zero-order valence-electron chi connectivity index (χ0n) is 9.44. The lowest BCUT2D eigenvalue weighted by Gasteiger charge is -2.40. The number of rotatable bonds is 5. The lowest BCUT2D eigenvalue weighted by Crippen LogP contribution is -2.48. The fraction of sp³-hybridized carbons (Fsp3) is 0.636. The van der Waals surface area contributed by atoms with Crippen molar-refractivity contribution in [1.82, 2.24) is 9.97 Å². The van der Waals surface area contributed by atoms with Gasteiger partial charge >= 0.3 is 0 Å². The molecule has 0 spiro atoms. The first-order chi connectivity index (χ1) is 7.78. The topological polar surface area (TPSA) is 67.3 Å². The van der Waals surface area contributed by atoms with Gasteiger partial charge in [0, 0.05) is 12.3 Å². The van der Waals surface area contributed by atoms with E-state index in [0.717, 1.165) is 19.3 Å². The van der Waals surface area contributed by atoms with E-state index < -0.39 is 0 Å². The van der Waals surface area contributed by atoms with Crippen LogP contribution in [-0.2, 0) is 0 Å². The molecule has 5 nitrogen and oxygen atoms in total. The maximum absolute atomic E-state index is 9.32. The standard InChI is InChI=1S/C11H17N3O2/c1-2-16-9-4-7-12-10(13-9)14-11(8-15)5-3-6-11/h4,7,15H,2-3,5-6,8H2,1H3,(H,12,13,14). The van der Waals surface area contributed by atoms with Gasteiger partial charge in [-0.05, 0) is 26.2 Å². The fourth-order valence-corrected chi connectivity index (χ4v) is 1.79. The molecule has 0 unspecified atom stereocenters. The molecule has 0 bridgehead atoms. The highest BCUT2D eigenvalue weighted by atomic mass is 16.5. The van der Waals surface area contributed by atoms with Crippen LogP contribution in [0.4, 0.5) is 5.95 Å². The summed E-state index contributed by atoms with van der Waals surface area (Å²) in [6.45, 7) is 2.62. The number of nitrogens with one attached hydrogen (secondary N) is 1. The number of ether oxygens (including phenoxy) is 1. The van der Waals surface area contributed by atoms with E-state index in [-0.39, 0.29) is 12.1 Å². The summed E-state index contributed by atoms with van der Waals surface area (Å²) >= 11 is 0. The lowest BCUT2D eigenvalue weighted by atomic mass is 9.77. The number of hydrogen-bond donors (Lipinski definition) is 2. The van der Waals surface area contributed by atoms with E-state index in [1.165, 1.54) is 0 Å². The Labute approximate surface area is 94.9 Å². The quantitative estimate of drug-likeness (QED) is 0.785. The largest absolute Gasteiger partial charge is 0.478 e. The molecule has 0 amide bonds. The SMILES string of the molecule is CCOc1ccnc(NC2(CO)CCC2)n1. The van der Waals surface area contributed by atoms with Gasteiger partial charge in [-0.15, -0.1) is 0 Å². The van der Waals surface area contributed by atoms with E-state index in [9.17, 15) is 5.11 Å². The maximum atomic E-state index is 9.32. The Morgan fingerprint density at radius 1 is 1.56 bits per heavy atom. The van der Waals surface area contributed by atoms with E-state index in [1.807, 2.05) is 6.92 Å². The van der Waals surface area contributed by atoms with E-state index in [1.54, 1.807) is 12.3 Å². The average Bonchev–Trinajstić information content (AvgIpc) is 2.25. The van der Waals surface area contributed by atoms with Gasteiger partial charge in [-0.3, -0.25) is 0 Å². The highest BCUT2D eigenvalue weighted by Crippen LogP contribution is 2.34. The van der Waals surface area contributed by atoms with E-state index in [0.29, 0.717) is 18.4 Å². The molecule has 0 saturated heterocycles. The molecule has 1 aliphatic carbocycles. The van der Waals surface area contributed by atoms with Gasteiger partial charge in [0.05, 0.1) is 18.8 Å². The van der Waals surface area contributed by atoms with E-state index in [4.69, 9.17) is 4.74 Å². The normalized spacial score (nSPS) is 17.6. The molecule has 2 N–H and O–H groups in total. The highest BCUT2D eigenvalue weighted by molar-refractivity contribution is 5.33. The third-order valence-corrected chi connectivity index (χ3v) is 2.91. The zero-order valence-corrected chi connectivity index (χ0v) is 9.44. The molecule has 2 rings (SSSR count). The van der Waals surface area contributed by atoms with Crippen molar-refractivity contribution in [2.75, 3.05) is 18.5 Å². The molecular formula is C11H17N3O2. The number of nitrogens with zero attached hydrogens (tertiary/aromatic N) is 2. The van der Waals surface area contributed by atoms with Crippen LogP contribution in [0.5, 0.6) is 5.88 Å². The molecule has 1 aromatic rings. The Bertz CT molecular complexity index is 347. The molecule has 0 atom stereocenters. The van der Waals surface area contributed by atoms with Gasteiger partial charge in [0.15, 0.2) is 0 Å². The fourth-order valence-electron chi connectivity index (χ4n) is 1.79. The van der Waals surface area contributed by atoms with Crippen LogP contribution in [0.3, 0.4) is 0 Å². The first-order valence-corrected chi connectivity index (χ1v) is 5.63. The van der Waals surface area contributed by atoms with Crippen molar-refractivity contribution in [1.29, 1.82) is 0 Å². The van der Waals surface area contributed by atoms with Crippen molar-refractivity contribution in [3.8, 4) is 5.88 Å². The number of aliphatic hydroxyl groups excluding tert-OH is 1.